The Bertz CT molecular complexity index is 161. The summed E-state index contributed by atoms with van der Waals surface area (Å²) < 4.78 is 0. The van der Waals surface area contributed by atoms with Gasteiger partial charge in [0.25, 0.3) is 0 Å². The molecule has 0 heterocycles. The molecule has 1 aliphatic carbocycles. The molecule has 0 aliphatic heterocycles. The van der Waals surface area contributed by atoms with Crippen LogP contribution in [-0.2, 0) is 9.59 Å². The zero-order chi connectivity index (χ0) is 8.27. The zero-order valence-corrected chi connectivity index (χ0v) is 6.32. The van der Waals surface area contributed by atoms with E-state index < -0.39 is 11.9 Å². The standard InChI is InChI=1S/C8H12O3/c9-4-3-7(8(10)11)5-6-1-2-6/h4,6-7H,1-3,5H2,(H,10,11). The molecule has 1 aliphatic rings. The van der Waals surface area contributed by atoms with Gasteiger partial charge in [0.1, 0.15) is 6.29 Å². The molecule has 1 unspecified atom stereocenters. The predicted molar refractivity (Wildman–Crippen MR) is 39.1 cm³/mol. The molecule has 1 N–H and O–H groups in total. The maximum atomic E-state index is 10.5. The monoisotopic (exact) mass is 156 g/mol. The highest BCUT2D eigenvalue weighted by atomic mass is 16.4. The lowest BCUT2D eigenvalue weighted by Crippen LogP contribution is -2.14. The number of carbonyl (C=O) groups excluding carboxylic acids is 1. The Labute approximate surface area is 65.4 Å². The van der Waals surface area contributed by atoms with Crippen LogP contribution in [0.4, 0.5) is 0 Å². The van der Waals surface area contributed by atoms with Gasteiger partial charge in [-0.25, -0.2) is 0 Å². The third-order valence-corrected chi connectivity index (χ3v) is 2.04. The van der Waals surface area contributed by atoms with Gasteiger partial charge in [-0.3, -0.25) is 4.79 Å². The van der Waals surface area contributed by atoms with Gasteiger partial charge in [-0.15, -0.1) is 0 Å². The van der Waals surface area contributed by atoms with Crippen molar-refractivity contribution in [1.29, 1.82) is 0 Å². The van der Waals surface area contributed by atoms with E-state index in [1.807, 2.05) is 0 Å². The quantitative estimate of drug-likeness (QED) is 0.606. The molecule has 0 aromatic heterocycles. The average molecular weight is 156 g/mol. The van der Waals surface area contributed by atoms with E-state index >= 15 is 0 Å². The summed E-state index contributed by atoms with van der Waals surface area (Å²) in [5.41, 5.74) is 0. The van der Waals surface area contributed by atoms with Crippen LogP contribution in [0.2, 0.25) is 0 Å². The largest absolute Gasteiger partial charge is 0.481 e. The minimum absolute atomic E-state index is 0.172. The fourth-order valence-corrected chi connectivity index (χ4v) is 1.17. The van der Waals surface area contributed by atoms with Gasteiger partial charge in [0.05, 0.1) is 5.92 Å². The van der Waals surface area contributed by atoms with Gasteiger partial charge in [-0.05, 0) is 12.3 Å². The second kappa shape index (κ2) is 3.51. The van der Waals surface area contributed by atoms with E-state index in [4.69, 9.17) is 5.11 Å². The molecule has 0 amide bonds. The number of carboxylic acids is 1. The van der Waals surface area contributed by atoms with E-state index in [1.165, 1.54) is 0 Å². The van der Waals surface area contributed by atoms with Crippen molar-refractivity contribution in [3.05, 3.63) is 0 Å². The Morgan fingerprint density at radius 1 is 1.64 bits per heavy atom. The normalized spacial score (nSPS) is 19.3. The summed E-state index contributed by atoms with van der Waals surface area (Å²) in [6.07, 6.45) is 3.84. The predicted octanol–water partition coefficient (Wildman–Crippen LogP) is 1.08. The number of carboxylic acid groups (broad SMARTS) is 1. The summed E-state index contributed by atoms with van der Waals surface area (Å²) in [4.78, 5) is 20.6. The molecular formula is C8H12O3. The Morgan fingerprint density at radius 3 is 2.64 bits per heavy atom. The molecule has 0 bridgehead atoms. The topological polar surface area (TPSA) is 54.4 Å². The lowest BCUT2D eigenvalue weighted by Gasteiger charge is -2.05. The molecule has 0 aromatic carbocycles. The van der Waals surface area contributed by atoms with Crippen LogP contribution < -0.4 is 0 Å². The molecule has 1 saturated carbocycles. The summed E-state index contributed by atoms with van der Waals surface area (Å²) in [5.74, 6) is -0.681. The van der Waals surface area contributed by atoms with E-state index in [1.54, 1.807) is 0 Å². The van der Waals surface area contributed by atoms with Crippen molar-refractivity contribution < 1.29 is 14.7 Å². The van der Waals surface area contributed by atoms with Gasteiger partial charge in [0, 0.05) is 6.42 Å². The highest BCUT2D eigenvalue weighted by Crippen LogP contribution is 2.35. The molecule has 0 aromatic rings. The summed E-state index contributed by atoms with van der Waals surface area (Å²) in [7, 11) is 0. The number of aliphatic carboxylic acids is 1. The fourth-order valence-electron chi connectivity index (χ4n) is 1.17. The van der Waals surface area contributed by atoms with Crippen LogP contribution in [-0.4, -0.2) is 17.4 Å². The van der Waals surface area contributed by atoms with Crippen LogP contribution in [0.15, 0.2) is 0 Å². The Morgan fingerprint density at radius 2 is 2.27 bits per heavy atom. The summed E-state index contributed by atoms with van der Waals surface area (Å²) >= 11 is 0. The molecule has 62 valence electrons. The smallest absolute Gasteiger partial charge is 0.306 e. The van der Waals surface area contributed by atoms with Gasteiger partial charge in [0.15, 0.2) is 0 Å². The first-order valence-electron chi connectivity index (χ1n) is 3.90. The van der Waals surface area contributed by atoms with E-state index in [-0.39, 0.29) is 6.42 Å². The minimum Gasteiger partial charge on any atom is -0.481 e. The summed E-state index contributed by atoms with van der Waals surface area (Å²) in [5, 5.41) is 8.62. The van der Waals surface area contributed by atoms with Gasteiger partial charge in [-0.1, -0.05) is 12.8 Å². The van der Waals surface area contributed by atoms with Crippen LogP contribution in [0.3, 0.4) is 0 Å². The van der Waals surface area contributed by atoms with Crippen LogP contribution >= 0.6 is 0 Å². The van der Waals surface area contributed by atoms with Crippen molar-refractivity contribution in [2.24, 2.45) is 11.8 Å². The third-order valence-electron chi connectivity index (χ3n) is 2.04. The molecule has 0 radical (unpaired) electrons. The molecule has 3 heteroatoms. The van der Waals surface area contributed by atoms with Crippen molar-refractivity contribution in [3.8, 4) is 0 Å². The van der Waals surface area contributed by atoms with Crippen molar-refractivity contribution in [3.63, 3.8) is 0 Å². The van der Waals surface area contributed by atoms with E-state index in [9.17, 15) is 9.59 Å². The molecular weight excluding hydrogens is 144 g/mol. The maximum absolute atomic E-state index is 10.5. The zero-order valence-electron chi connectivity index (χ0n) is 6.32. The third kappa shape index (κ3) is 2.70. The van der Waals surface area contributed by atoms with Crippen molar-refractivity contribution in [2.75, 3.05) is 0 Å². The van der Waals surface area contributed by atoms with Gasteiger partial charge in [0.2, 0.25) is 0 Å². The second-order valence-corrected chi connectivity index (χ2v) is 3.12. The lowest BCUT2D eigenvalue weighted by molar-refractivity contribution is -0.143. The molecule has 0 spiro atoms. The highest BCUT2D eigenvalue weighted by Gasteiger charge is 2.28. The van der Waals surface area contributed by atoms with Crippen LogP contribution in [0.25, 0.3) is 0 Å². The number of rotatable bonds is 5. The van der Waals surface area contributed by atoms with E-state index in [0.717, 1.165) is 12.8 Å². The second-order valence-electron chi connectivity index (χ2n) is 3.12. The molecule has 1 fully saturated rings. The molecule has 3 nitrogen and oxygen atoms in total. The summed E-state index contributed by atoms with van der Waals surface area (Å²) in [6.45, 7) is 0. The highest BCUT2D eigenvalue weighted by molar-refractivity contribution is 5.73. The number of carbonyl (C=O) groups is 2. The first kappa shape index (κ1) is 8.24. The van der Waals surface area contributed by atoms with Gasteiger partial charge < -0.3 is 9.90 Å². The molecule has 0 saturated heterocycles. The maximum Gasteiger partial charge on any atom is 0.306 e. The van der Waals surface area contributed by atoms with Crippen molar-refractivity contribution >= 4 is 12.3 Å². The van der Waals surface area contributed by atoms with Crippen molar-refractivity contribution in [2.45, 2.75) is 25.7 Å². The Balaban J connectivity index is 2.30. The van der Waals surface area contributed by atoms with Crippen molar-refractivity contribution in [1.82, 2.24) is 0 Å². The summed E-state index contributed by atoms with van der Waals surface area (Å²) in [6, 6.07) is 0. The van der Waals surface area contributed by atoms with Crippen LogP contribution in [0.5, 0.6) is 0 Å². The first-order chi connectivity index (χ1) is 5.24. The van der Waals surface area contributed by atoms with Crippen LogP contribution in [0.1, 0.15) is 25.7 Å². The first-order valence-corrected chi connectivity index (χ1v) is 3.90. The van der Waals surface area contributed by atoms with E-state index in [0.29, 0.717) is 18.6 Å². The minimum atomic E-state index is -0.830. The molecule has 1 rings (SSSR count). The Hall–Kier alpha value is -0.860. The number of hydrogen-bond donors (Lipinski definition) is 1. The number of aldehydes is 1. The van der Waals surface area contributed by atoms with Crippen LogP contribution in [0, 0.1) is 11.8 Å². The van der Waals surface area contributed by atoms with Gasteiger partial charge in [-0.2, -0.15) is 0 Å². The SMILES string of the molecule is O=CCC(CC1CC1)C(=O)O. The molecule has 11 heavy (non-hydrogen) atoms. The number of hydrogen-bond acceptors (Lipinski definition) is 2. The fraction of sp³-hybridized carbons (Fsp3) is 0.750. The lowest BCUT2D eigenvalue weighted by atomic mass is 10.00. The van der Waals surface area contributed by atoms with Gasteiger partial charge >= 0.3 is 5.97 Å². The molecule has 1 atom stereocenters. The van der Waals surface area contributed by atoms with E-state index in [2.05, 4.69) is 0 Å². The average Bonchev–Trinajstić information content (AvgIpc) is 2.70. The Kier molecular flexibility index (Phi) is 2.63.